The third-order valence-electron chi connectivity index (χ3n) is 4.64. The highest BCUT2D eigenvalue weighted by Gasteiger charge is 2.34. The van der Waals surface area contributed by atoms with E-state index in [1.807, 2.05) is 0 Å². The van der Waals surface area contributed by atoms with E-state index in [4.69, 9.17) is 9.47 Å². The molecule has 0 unspecified atom stereocenters. The summed E-state index contributed by atoms with van der Waals surface area (Å²) in [7, 11) is -3.93. The van der Waals surface area contributed by atoms with Gasteiger partial charge in [0.15, 0.2) is 11.5 Å². The number of hydrogen-bond acceptors (Lipinski definition) is 7. The third kappa shape index (κ3) is 3.87. The normalized spacial score (nSPS) is 18.7. The SMILES string of the molecule is O=C1C[C@H](NS(=O)(=O)c2ccc([N+](=O)[O-])cc2)CN1c1ccc2c(c1)OCCO2. The van der Waals surface area contributed by atoms with Crippen LogP contribution in [0.3, 0.4) is 0 Å². The van der Waals surface area contributed by atoms with E-state index in [0.717, 1.165) is 24.3 Å². The lowest BCUT2D eigenvalue weighted by Gasteiger charge is -2.22. The van der Waals surface area contributed by atoms with Gasteiger partial charge in [-0.2, -0.15) is 0 Å². The minimum Gasteiger partial charge on any atom is -0.486 e. The van der Waals surface area contributed by atoms with Crippen LogP contribution >= 0.6 is 0 Å². The van der Waals surface area contributed by atoms with E-state index < -0.39 is 21.0 Å². The van der Waals surface area contributed by atoms with E-state index in [1.54, 1.807) is 18.2 Å². The maximum Gasteiger partial charge on any atom is 0.269 e. The quantitative estimate of drug-likeness (QED) is 0.574. The summed E-state index contributed by atoms with van der Waals surface area (Å²) in [5.74, 6) is 0.914. The standard InChI is InChI=1S/C18H17N3O7S/c22-18-9-12(19-29(25,26)15-4-1-13(2-5-15)21(23)24)11-20(18)14-3-6-16-17(10-14)28-8-7-27-16/h1-6,10,12,19H,7-9,11H2/t12-/m0/s1. The number of sulfonamides is 1. The molecule has 1 amide bonds. The summed E-state index contributed by atoms with van der Waals surface area (Å²) in [6, 6.07) is 9.07. The van der Waals surface area contributed by atoms with Gasteiger partial charge in [0.05, 0.1) is 9.82 Å². The van der Waals surface area contributed by atoms with Crippen molar-refractivity contribution in [2.75, 3.05) is 24.7 Å². The van der Waals surface area contributed by atoms with Crippen molar-refractivity contribution in [3.05, 3.63) is 52.6 Å². The molecule has 0 spiro atoms. The minimum atomic E-state index is -3.93. The first-order valence-electron chi connectivity index (χ1n) is 8.80. The summed E-state index contributed by atoms with van der Waals surface area (Å²) in [5, 5.41) is 10.7. The molecular formula is C18H17N3O7S. The van der Waals surface area contributed by atoms with Gasteiger partial charge in [-0.15, -0.1) is 0 Å². The molecule has 0 radical (unpaired) electrons. The number of nitrogens with one attached hydrogen (secondary N) is 1. The minimum absolute atomic E-state index is 0.000648. The molecule has 29 heavy (non-hydrogen) atoms. The molecule has 0 saturated carbocycles. The van der Waals surface area contributed by atoms with Crippen LogP contribution in [-0.4, -0.2) is 45.0 Å². The summed E-state index contributed by atoms with van der Waals surface area (Å²) in [6.07, 6.45) is 0.000648. The maximum absolute atomic E-state index is 12.6. The predicted octanol–water partition coefficient (Wildman–Crippen LogP) is 1.45. The maximum atomic E-state index is 12.6. The monoisotopic (exact) mass is 419 g/mol. The van der Waals surface area contributed by atoms with Crippen LogP contribution in [-0.2, 0) is 14.8 Å². The fourth-order valence-corrected chi connectivity index (χ4v) is 4.50. The lowest BCUT2D eigenvalue weighted by atomic mass is 10.2. The summed E-state index contributed by atoms with van der Waals surface area (Å²) in [6.45, 7) is 1.04. The molecule has 0 aliphatic carbocycles. The number of carbonyl (C=O) groups is 1. The lowest BCUT2D eigenvalue weighted by molar-refractivity contribution is -0.384. The van der Waals surface area contributed by atoms with Crippen molar-refractivity contribution in [3.63, 3.8) is 0 Å². The first kappa shape index (κ1) is 19.2. The second kappa shape index (κ2) is 7.33. The molecule has 2 heterocycles. The highest BCUT2D eigenvalue weighted by atomic mass is 32.2. The van der Waals surface area contributed by atoms with Crippen molar-refractivity contribution in [1.82, 2.24) is 4.72 Å². The highest BCUT2D eigenvalue weighted by Crippen LogP contribution is 2.35. The molecule has 2 aliphatic heterocycles. The summed E-state index contributed by atoms with van der Waals surface area (Å²) in [4.78, 5) is 23.9. The molecule has 4 rings (SSSR count). The second-order valence-electron chi connectivity index (χ2n) is 6.61. The molecule has 10 nitrogen and oxygen atoms in total. The Labute approximate surface area is 166 Å². The second-order valence-corrected chi connectivity index (χ2v) is 8.32. The molecule has 2 aromatic rings. The van der Waals surface area contributed by atoms with Crippen LogP contribution in [0.1, 0.15) is 6.42 Å². The van der Waals surface area contributed by atoms with Crippen LogP contribution < -0.4 is 19.1 Å². The Hall–Kier alpha value is -3.18. The van der Waals surface area contributed by atoms with Gasteiger partial charge in [0, 0.05) is 42.9 Å². The zero-order valence-electron chi connectivity index (χ0n) is 15.1. The van der Waals surface area contributed by atoms with Gasteiger partial charge in [-0.3, -0.25) is 14.9 Å². The Morgan fingerprint density at radius 1 is 1.07 bits per heavy atom. The smallest absolute Gasteiger partial charge is 0.269 e. The number of rotatable bonds is 5. The largest absolute Gasteiger partial charge is 0.486 e. The third-order valence-corrected chi connectivity index (χ3v) is 6.18. The average molecular weight is 419 g/mol. The number of nitro groups is 1. The van der Waals surface area contributed by atoms with E-state index in [9.17, 15) is 23.3 Å². The van der Waals surface area contributed by atoms with Gasteiger partial charge in [-0.25, -0.2) is 13.1 Å². The number of anilines is 1. The number of hydrogen-bond donors (Lipinski definition) is 1. The van der Waals surface area contributed by atoms with Crippen molar-refractivity contribution in [1.29, 1.82) is 0 Å². The molecule has 0 bridgehead atoms. The predicted molar refractivity (Wildman–Crippen MR) is 102 cm³/mol. The van der Waals surface area contributed by atoms with E-state index in [1.165, 1.54) is 4.90 Å². The fourth-order valence-electron chi connectivity index (χ4n) is 3.27. The zero-order valence-corrected chi connectivity index (χ0v) is 15.9. The van der Waals surface area contributed by atoms with E-state index in [-0.39, 0.29) is 29.5 Å². The summed E-state index contributed by atoms with van der Waals surface area (Å²) in [5.41, 5.74) is 0.390. The van der Waals surface area contributed by atoms with Gasteiger partial charge < -0.3 is 14.4 Å². The van der Waals surface area contributed by atoms with Crippen molar-refractivity contribution in [2.45, 2.75) is 17.4 Å². The van der Waals surface area contributed by atoms with Gasteiger partial charge in [0.25, 0.3) is 5.69 Å². The lowest BCUT2D eigenvalue weighted by Crippen LogP contribution is -2.37. The first-order valence-corrected chi connectivity index (χ1v) is 10.3. The first-order chi connectivity index (χ1) is 13.8. The van der Waals surface area contributed by atoms with E-state index in [2.05, 4.69) is 4.72 Å². The van der Waals surface area contributed by atoms with Crippen LogP contribution in [0.25, 0.3) is 0 Å². The molecule has 2 aliphatic rings. The number of ether oxygens (including phenoxy) is 2. The van der Waals surface area contributed by atoms with Crippen molar-refractivity contribution in [3.8, 4) is 11.5 Å². The number of benzene rings is 2. The molecular weight excluding hydrogens is 402 g/mol. The van der Waals surface area contributed by atoms with Gasteiger partial charge in [-0.1, -0.05) is 0 Å². The van der Waals surface area contributed by atoms with Crippen LogP contribution in [0.15, 0.2) is 47.4 Å². The zero-order chi connectivity index (χ0) is 20.6. The van der Waals surface area contributed by atoms with E-state index >= 15 is 0 Å². The molecule has 11 heteroatoms. The van der Waals surface area contributed by atoms with Gasteiger partial charge >= 0.3 is 0 Å². The Morgan fingerprint density at radius 3 is 2.45 bits per heavy atom. The Bertz CT molecular complexity index is 1070. The van der Waals surface area contributed by atoms with Crippen LogP contribution in [0.4, 0.5) is 11.4 Å². The Kier molecular flexibility index (Phi) is 4.84. The number of amides is 1. The topological polar surface area (TPSA) is 128 Å². The summed E-state index contributed by atoms with van der Waals surface area (Å²) >= 11 is 0. The molecule has 2 aromatic carbocycles. The Morgan fingerprint density at radius 2 is 1.76 bits per heavy atom. The van der Waals surface area contributed by atoms with Gasteiger partial charge in [-0.05, 0) is 24.3 Å². The number of carbonyl (C=O) groups excluding carboxylic acids is 1. The fraction of sp³-hybridized carbons (Fsp3) is 0.278. The molecule has 1 atom stereocenters. The molecule has 1 saturated heterocycles. The number of fused-ring (bicyclic) bond motifs is 1. The highest BCUT2D eigenvalue weighted by molar-refractivity contribution is 7.89. The van der Waals surface area contributed by atoms with Crippen LogP contribution in [0, 0.1) is 10.1 Å². The van der Waals surface area contributed by atoms with Crippen molar-refractivity contribution >= 4 is 27.3 Å². The number of nitrogens with zero attached hydrogens (tertiary/aromatic N) is 2. The number of non-ortho nitro benzene ring substituents is 1. The van der Waals surface area contributed by atoms with Crippen molar-refractivity contribution in [2.24, 2.45) is 0 Å². The van der Waals surface area contributed by atoms with Crippen LogP contribution in [0.5, 0.6) is 11.5 Å². The van der Waals surface area contributed by atoms with E-state index in [0.29, 0.717) is 30.4 Å². The molecule has 0 aromatic heterocycles. The molecule has 152 valence electrons. The average Bonchev–Trinajstić information content (AvgIpc) is 3.07. The number of nitro benzene ring substituents is 1. The Balaban J connectivity index is 1.48. The van der Waals surface area contributed by atoms with Crippen molar-refractivity contribution < 1.29 is 27.6 Å². The molecule has 1 fully saturated rings. The van der Waals surface area contributed by atoms with Gasteiger partial charge in [0.2, 0.25) is 15.9 Å². The summed E-state index contributed by atoms with van der Waals surface area (Å²) < 4.78 is 38.6. The van der Waals surface area contributed by atoms with Crippen LogP contribution in [0.2, 0.25) is 0 Å². The van der Waals surface area contributed by atoms with Gasteiger partial charge in [0.1, 0.15) is 13.2 Å². The molecule has 1 N–H and O–H groups in total.